The maximum atomic E-state index is 13.2. The Bertz CT molecular complexity index is 1580. The number of carbonyl (C=O) groups is 1. The number of aliphatic imine (C=N–C) groups is 1. The Kier molecular flexibility index (Phi) is 6.92. The van der Waals surface area contributed by atoms with Gasteiger partial charge in [0.25, 0.3) is 11.8 Å². The molecule has 2 aromatic carbocycles. The molecule has 1 unspecified atom stereocenters. The number of pyridine rings is 1. The van der Waals surface area contributed by atoms with Crippen LogP contribution < -0.4 is 16.0 Å². The fraction of sp³-hybridized carbons (Fsp3) is 0.154. The molecule has 3 heterocycles. The highest BCUT2D eigenvalue weighted by Gasteiger charge is 2.33. The molecule has 0 saturated carbocycles. The van der Waals surface area contributed by atoms with Gasteiger partial charge in [-0.3, -0.25) is 4.79 Å². The van der Waals surface area contributed by atoms with Crippen LogP contribution in [-0.2, 0) is 11.0 Å². The van der Waals surface area contributed by atoms with Gasteiger partial charge in [-0.25, -0.2) is 9.98 Å². The zero-order valence-corrected chi connectivity index (χ0v) is 20.0. The van der Waals surface area contributed by atoms with Crippen LogP contribution in [-0.4, -0.2) is 39.5 Å². The molecule has 39 heavy (non-hydrogen) atoms. The first kappa shape index (κ1) is 25.4. The number of nitrogens with zero attached hydrogens (tertiary/aromatic N) is 5. The minimum atomic E-state index is -4.63. The summed E-state index contributed by atoms with van der Waals surface area (Å²) in [5, 5.41) is 24.9. The molecule has 1 atom stereocenters. The number of fused-ring (bicyclic) bond motifs is 1. The van der Waals surface area contributed by atoms with E-state index in [4.69, 9.17) is 9.68 Å². The summed E-state index contributed by atoms with van der Waals surface area (Å²) in [6.45, 7) is 0.0749. The van der Waals surface area contributed by atoms with Crippen LogP contribution >= 0.6 is 0 Å². The minimum Gasteiger partial charge on any atom is -0.402 e. The van der Waals surface area contributed by atoms with E-state index in [2.05, 4.69) is 36.1 Å². The van der Waals surface area contributed by atoms with Crippen molar-refractivity contribution in [3.63, 3.8) is 0 Å². The van der Waals surface area contributed by atoms with Crippen molar-refractivity contribution in [2.45, 2.75) is 18.8 Å². The minimum absolute atomic E-state index is 0.0395. The molecule has 2 aromatic heterocycles. The second kappa shape index (κ2) is 10.6. The number of nitriles is 1. The van der Waals surface area contributed by atoms with Crippen LogP contribution in [0.3, 0.4) is 0 Å². The van der Waals surface area contributed by atoms with E-state index in [-0.39, 0.29) is 36.3 Å². The number of aromatic nitrogens is 3. The van der Waals surface area contributed by atoms with Crippen molar-refractivity contribution in [1.29, 1.82) is 5.26 Å². The number of carbonyl (C=O) groups excluding carboxylic acids is 1. The summed E-state index contributed by atoms with van der Waals surface area (Å²) in [6, 6.07) is 19.1. The molecule has 5 rings (SSSR count). The molecule has 1 aliphatic rings. The lowest BCUT2D eigenvalue weighted by atomic mass is 10.0. The van der Waals surface area contributed by atoms with Crippen molar-refractivity contribution >= 4 is 29.0 Å². The molecular formula is C26H19F3N8O2. The van der Waals surface area contributed by atoms with Crippen LogP contribution in [0.2, 0.25) is 0 Å². The highest BCUT2D eigenvalue weighted by molar-refractivity contribution is 6.19. The molecule has 196 valence electrons. The lowest BCUT2D eigenvalue weighted by Crippen LogP contribution is -2.32. The third-order valence-corrected chi connectivity index (χ3v) is 5.65. The number of rotatable bonds is 7. The number of halogens is 3. The van der Waals surface area contributed by atoms with E-state index in [9.17, 15) is 18.0 Å². The normalized spacial score (nSPS) is 14.9. The van der Waals surface area contributed by atoms with Crippen LogP contribution in [0.4, 0.5) is 30.6 Å². The Morgan fingerprint density at radius 3 is 2.62 bits per heavy atom. The van der Waals surface area contributed by atoms with Gasteiger partial charge in [-0.2, -0.15) is 18.4 Å². The summed E-state index contributed by atoms with van der Waals surface area (Å²) in [5.41, 5.74) is 1.55. The smallest absolute Gasteiger partial charge is 0.402 e. The van der Waals surface area contributed by atoms with Crippen molar-refractivity contribution in [3.8, 4) is 17.7 Å². The van der Waals surface area contributed by atoms with E-state index in [1.54, 1.807) is 12.1 Å². The predicted octanol–water partition coefficient (Wildman–Crippen LogP) is 4.70. The number of hydrogen-bond acceptors (Lipinski definition) is 9. The maximum absolute atomic E-state index is 13.2. The van der Waals surface area contributed by atoms with Crippen molar-refractivity contribution in [2.24, 2.45) is 4.99 Å². The molecule has 0 saturated heterocycles. The number of amides is 1. The van der Waals surface area contributed by atoms with Crippen molar-refractivity contribution in [2.75, 3.05) is 22.5 Å². The molecule has 3 N–H and O–H groups in total. The molecule has 1 amide bonds. The summed E-state index contributed by atoms with van der Waals surface area (Å²) in [7, 11) is 0. The number of alkyl halides is 3. The van der Waals surface area contributed by atoms with E-state index in [0.717, 1.165) is 17.2 Å². The first-order chi connectivity index (χ1) is 18.8. The van der Waals surface area contributed by atoms with Gasteiger partial charge >= 0.3 is 12.2 Å². The lowest BCUT2D eigenvalue weighted by molar-refractivity contribution is -0.137. The lowest BCUT2D eigenvalue weighted by Gasteiger charge is -2.12. The molecule has 1 aliphatic heterocycles. The van der Waals surface area contributed by atoms with Crippen molar-refractivity contribution in [3.05, 3.63) is 83.6 Å². The van der Waals surface area contributed by atoms with Gasteiger partial charge in [0.1, 0.15) is 0 Å². The molecule has 0 aliphatic carbocycles. The predicted molar refractivity (Wildman–Crippen MR) is 136 cm³/mol. The highest BCUT2D eigenvalue weighted by atomic mass is 19.4. The second-order valence-electron chi connectivity index (χ2n) is 8.29. The van der Waals surface area contributed by atoms with Gasteiger partial charge in [0.15, 0.2) is 5.69 Å². The highest BCUT2D eigenvalue weighted by Crippen LogP contribution is 2.34. The molecule has 0 bridgehead atoms. The van der Waals surface area contributed by atoms with Gasteiger partial charge in [-0.15, -0.1) is 5.10 Å². The van der Waals surface area contributed by atoms with E-state index < -0.39 is 23.8 Å². The Balaban J connectivity index is 1.46. The van der Waals surface area contributed by atoms with Crippen molar-refractivity contribution < 1.29 is 22.4 Å². The van der Waals surface area contributed by atoms with Gasteiger partial charge < -0.3 is 20.4 Å². The number of benzodiazepines with no additional fused rings is 1. The SMILES string of the molecule is N#CCCNc1cc(C(F)(F)F)cnc1-c1nnc(NC2N=C(c3ccccc3)c3ccccc3NC2=O)o1. The van der Waals surface area contributed by atoms with Gasteiger partial charge in [0.2, 0.25) is 6.17 Å². The van der Waals surface area contributed by atoms with Gasteiger partial charge in [0, 0.05) is 23.9 Å². The Hall–Kier alpha value is -5.25. The molecule has 0 radical (unpaired) electrons. The van der Waals surface area contributed by atoms with E-state index in [1.807, 2.05) is 48.5 Å². The fourth-order valence-corrected chi connectivity index (χ4v) is 3.85. The monoisotopic (exact) mass is 532 g/mol. The molecule has 4 aromatic rings. The fourth-order valence-electron chi connectivity index (χ4n) is 3.85. The number of nitrogens with one attached hydrogen (secondary N) is 3. The third kappa shape index (κ3) is 5.54. The Morgan fingerprint density at radius 2 is 1.85 bits per heavy atom. The first-order valence-electron chi connectivity index (χ1n) is 11.7. The summed E-state index contributed by atoms with van der Waals surface area (Å²) < 4.78 is 45.4. The summed E-state index contributed by atoms with van der Waals surface area (Å²) in [5.74, 6) is -0.685. The first-order valence-corrected chi connectivity index (χ1v) is 11.7. The average molecular weight is 532 g/mol. The Labute approximate surface area is 219 Å². The van der Waals surface area contributed by atoms with E-state index >= 15 is 0 Å². The van der Waals surface area contributed by atoms with E-state index in [0.29, 0.717) is 17.6 Å². The largest absolute Gasteiger partial charge is 0.417 e. The number of anilines is 3. The Morgan fingerprint density at radius 1 is 1.08 bits per heavy atom. The zero-order chi connectivity index (χ0) is 27.4. The summed E-state index contributed by atoms with van der Waals surface area (Å²) in [4.78, 5) is 21.5. The quantitative estimate of drug-likeness (QED) is 0.291. The average Bonchev–Trinajstić information content (AvgIpc) is 3.34. The van der Waals surface area contributed by atoms with Gasteiger partial charge in [0.05, 0.1) is 35.1 Å². The third-order valence-electron chi connectivity index (χ3n) is 5.65. The van der Waals surface area contributed by atoms with Crippen LogP contribution in [0, 0.1) is 11.3 Å². The van der Waals surface area contributed by atoms with E-state index in [1.165, 1.54) is 0 Å². The number of benzene rings is 2. The van der Waals surface area contributed by atoms with Crippen LogP contribution in [0.5, 0.6) is 0 Å². The number of hydrogen-bond donors (Lipinski definition) is 3. The zero-order valence-electron chi connectivity index (χ0n) is 20.0. The maximum Gasteiger partial charge on any atom is 0.417 e. The van der Waals surface area contributed by atoms with Crippen LogP contribution in [0.1, 0.15) is 23.1 Å². The van der Waals surface area contributed by atoms with Crippen LogP contribution in [0.15, 0.2) is 76.3 Å². The topological polar surface area (TPSA) is 141 Å². The van der Waals surface area contributed by atoms with Gasteiger partial charge in [-0.05, 0) is 12.1 Å². The molecular weight excluding hydrogens is 513 g/mol. The molecule has 0 fully saturated rings. The molecule has 0 spiro atoms. The summed E-state index contributed by atoms with van der Waals surface area (Å²) in [6.07, 6.45) is -5.10. The molecule has 13 heteroatoms. The number of para-hydroxylation sites is 1. The van der Waals surface area contributed by atoms with Crippen molar-refractivity contribution in [1.82, 2.24) is 15.2 Å². The standard InChI is InChI=1S/C26H19F3N8O2/c27-26(28,29)16-13-19(31-12-6-11-30)21(32-14-16)24-36-37-25(39-24)35-22-23(38)33-18-10-5-4-9-17(18)20(34-22)15-7-2-1-3-8-15/h1-5,7-10,13-14,22,31H,6,12H2,(H,33,38)(H,35,37). The van der Waals surface area contributed by atoms with Gasteiger partial charge in [-0.1, -0.05) is 53.6 Å². The van der Waals surface area contributed by atoms with Crippen LogP contribution in [0.25, 0.3) is 11.6 Å². The summed E-state index contributed by atoms with van der Waals surface area (Å²) >= 11 is 0. The molecule has 10 nitrogen and oxygen atoms in total. The second-order valence-corrected chi connectivity index (χ2v) is 8.29.